The van der Waals surface area contributed by atoms with E-state index >= 15 is 0 Å². The first kappa shape index (κ1) is 15.5. The van der Waals surface area contributed by atoms with Gasteiger partial charge in [0.1, 0.15) is 5.01 Å². The third-order valence-corrected chi connectivity index (χ3v) is 6.91. The molecule has 2 N–H and O–H groups in total. The molecule has 1 fully saturated rings. The monoisotopic (exact) mass is 306 g/mol. The Balaban J connectivity index is 1.64. The topological polar surface area (TPSA) is 38.9 Å². The summed E-state index contributed by atoms with van der Waals surface area (Å²) in [4.78, 5) is 6.41. The van der Waals surface area contributed by atoms with Crippen molar-refractivity contribution in [3.05, 3.63) is 15.6 Å². The minimum absolute atomic E-state index is 0.182. The molecule has 0 amide bonds. The summed E-state index contributed by atoms with van der Waals surface area (Å²) in [6.07, 6.45) is 10.3. The molecule has 0 bridgehead atoms. The van der Waals surface area contributed by atoms with Gasteiger partial charge in [-0.2, -0.15) is 0 Å². The van der Waals surface area contributed by atoms with Gasteiger partial charge in [0.25, 0.3) is 0 Å². The highest BCUT2D eigenvalue weighted by Crippen LogP contribution is 2.43. The summed E-state index contributed by atoms with van der Waals surface area (Å²) in [6.45, 7) is 7.15. The molecule has 0 aliphatic heterocycles. The quantitative estimate of drug-likeness (QED) is 0.846. The van der Waals surface area contributed by atoms with Crippen molar-refractivity contribution in [3.63, 3.8) is 0 Å². The Kier molecular flexibility index (Phi) is 4.42. The highest BCUT2D eigenvalue weighted by atomic mass is 32.1. The number of nitrogens with zero attached hydrogens (tertiary/aromatic N) is 1. The summed E-state index contributed by atoms with van der Waals surface area (Å²) in [5.41, 5.74) is 8.40. The Labute approximate surface area is 133 Å². The first-order chi connectivity index (χ1) is 9.95. The van der Waals surface area contributed by atoms with Crippen LogP contribution in [0.5, 0.6) is 0 Å². The molecule has 2 aliphatic rings. The molecular formula is C18H30N2S. The summed E-state index contributed by atoms with van der Waals surface area (Å²) in [5.74, 6) is 1.52. The van der Waals surface area contributed by atoms with Crippen LogP contribution in [0.25, 0.3) is 0 Å². The number of aromatic nitrogens is 1. The second-order valence-electron chi connectivity index (χ2n) is 8.13. The van der Waals surface area contributed by atoms with Crippen LogP contribution in [0.1, 0.15) is 80.9 Å². The van der Waals surface area contributed by atoms with Gasteiger partial charge in [-0.3, -0.25) is 0 Å². The molecular weight excluding hydrogens is 276 g/mol. The molecule has 0 spiro atoms. The fourth-order valence-corrected chi connectivity index (χ4v) is 5.31. The molecule has 1 atom stereocenters. The van der Waals surface area contributed by atoms with Gasteiger partial charge < -0.3 is 5.73 Å². The Morgan fingerprint density at radius 1 is 1.10 bits per heavy atom. The highest BCUT2D eigenvalue weighted by molar-refractivity contribution is 7.11. The molecule has 21 heavy (non-hydrogen) atoms. The highest BCUT2D eigenvalue weighted by Gasteiger charge is 2.33. The van der Waals surface area contributed by atoms with Crippen LogP contribution in [0, 0.1) is 17.3 Å². The van der Waals surface area contributed by atoms with Crippen molar-refractivity contribution in [1.82, 2.24) is 4.98 Å². The van der Waals surface area contributed by atoms with Gasteiger partial charge in [-0.15, -0.1) is 11.3 Å². The van der Waals surface area contributed by atoms with Gasteiger partial charge in [0.2, 0.25) is 0 Å². The van der Waals surface area contributed by atoms with Crippen LogP contribution in [0.4, 0.5) is 0 Å². The van der Waals surface area contributed by atoms with Crippen molar-refractivity contribution in [2.24, 2.45) is 23.0 Å². The van der Waals surface area contributed by atoms with Crippen molar-refractivity contribution < 1.29 is 0 Å². The summed E-state index contributed by atoms with van der Waals surface area (Å²) in [6, 6.07) is 0.182. The smallest absolute Gasteiger partial charge is 0.110 e. The van der Waals surface area contributed by atoms with Crippen LogP contribution in [0.15, 0.2) is 0 Å². The van der Waals surface area contributed by atoms with Crippen molar-refractivity contribution in [2.75, 3.05) is 0 Å². The lowest BCUT2D eigenvalue weighted by molar-refractivity contribution is 0.139. The molecule has 0 saturated heterocycles. The second kappa shape index (κ2) is 6.00. The number of thiazole rings is 1. The fraction of sp³-hybridized carbons (Fsp3) is 0.833. The van der Waals surface area contributed by atoms with E-state index in [-0.39, 0.29) is 6.04 Å². The third kappa shape index (κ3) is 3.34. The van der Waals surface area contributed by atoms with E-state index in [0.717, 1.165) is 5.92 Å². The van der Waals surface area contributed by atoms with Crippen LogP contribution in [-0.4, -0.2) is 4.98 Å². The summed E-state index contributed by atoms with van der Waals surface area (Å²) < 4.78 is 0. The Morgan fingerprint density at radius 2 is 1.76 bits per heavy atom. The standard InChI is InChI=1S/C18H30N2S/c1-18(2,3)13-10-8-12(9-11-13)16(19)17-20-14-6-4-5-7-15(14)21-17/h12-13,16H,4-11,19H2,1-3H3. The first-order valence-corrected chi connectivity index (χ1v) is 9.51. The minimum Gasteiger partial charge on any atom is -0.322 e. The maximum absolute atomic E-state index is 6.58. The maximum Gasteiger partial charge on any atom is 0.110 e. The number of nitrogens with two attached hydrogens (primary N) is 1. The number of fused-ring (bicyclic) bond motifs is 1. The van der Waals surface area contributed by atoms with Crippen LogP contribution < -0.4 is 5.73 Å². The Hall–Kier alpha value is -0.410. The lowest BCUT2D eigenvalue weighted by Crippen LogP contribution is -2.30. The van der Waals surface area contributed by atoms with E-state index < -0.39 is 0 Å². The Morgan fingerprint density at radius 3 is 2.38 bits per heavy atom. The van der Waals surface area contributed by atoms with E-state index in [1.807, 2.05) is 11.3 Å². The zero-order valence-corrected chi connectivity index (χ0v) is 14.6. The molecule has 118 valence electrons. The maximum atomic E-state index is 6.58. The van der Waals surface area contributed by atoms with Crippen molar-refractivity contribution in [1.29, 1.82) is 0 Å². The summed E-state index contributed by atoms with van der Waals surface area (Å²) >= 11 is 1.91. The average molecular weight is 307 g/mol. The van der Waals surface area contributed by atoms with Gasteiger partial charge in [-0.1, -0.05) is 20.8 Å². The number of aryl methyl sites for hydroxylation is 2. The number of hydrogen-bond acceptors (Lipinski definition) is 3. The molecule has 1 saturated carbocycles. The van der Waals surface area contributed by atoms with Crippen LogP contribution in [0.3, 0.4) is 0 Å². The van der Waals surface area contributed by atoms with Crippen molar-refractivity contribution in [2.45, 2.75) is 78.2 Å². The Bertz CT molecular complexity index is 454. The van der Waals surface area contributed by atoms with Crippen LogP contribution in [0.2, 0.25) is 0 Å². The fourth-order valence-electron chi connectivity index (χ4n) is 4.06. The van der Waals surface area contributed by atoms with Gasteiger partial charge in [0, 0.05) is 4.88 Å². The number of hydrogen-bond donors (Lipinski definition) is 1. The SMILES string of the molecule is CC(C)(C)C1CCC(C(N)c2nc3c(s2)CCCC3)CC1. The zero-order chi connectivity index (χ0) is 15.0. The van der Waals surface area contributed by atoms with E-state index in [4.69, 9.17) is 10.7 Å². The molecule has 2 aliphatic carbocycles. The van der Waals surface area contributed by atoms with Crippen molar-refractivity contribution >= 4 is 11.3 Å². The molecule has 1 aromatic rings. The van der Waals surface area contributed by atoms with E-state index in [2.05, 4.69) is 20.8 Å². The molecule has 1 unspecified atom stereocenters. The molecule has 3 rings (SSSR count). The van der Waals surface area contributed by atoms with Gasteiger partial charge >= 0.3 is 0 Å². The lowest BCUT2D eigenvalue weighted by Gasteiger charge is -2.38. The van der Waals surface area contributed by atoms with Crippen LogP contribution >= 0.6 is 11.3 Å². The van der Waals surface area contributed by atoms with Crippen molar-refractivity contribution in [3.8, 4) is 0 Å². The molecule has 3 heteroatoms. The van der Waals surface area contributed by atoms with E-state index in [1.165, 1.54) is 66.9 Å². The van der Waals surface area contributed by atoms with E-state index in [1.54, 1.807) is 0 Å². The third-order valence-electron chi connectivity index (χ3n) is 5.65. The lowest BCUT2D eigenvalue weighted by atomic mass is 9.68. The van der Waals surface area contributed by atoms with Gasteiger partial charge in [-0.05, 0) is 68.6 Å². The predicted molar refractivity (Wildman–Crippen MR) is 90.6 cm³/mol. The second-order valence-corrected chi connectivity index (χ2v) is 9.25. The summed E-state index contributed by atoms with van der Waals surface area (Å²) in [5, 5.41) is 1.22. The minimum atomic E-state index is 0.182. The number of rotatable bonds is 2. The van der Waals surface area contributed by atoms with E-state index in [9.17, 15) is 0 Å². The molecule has 1 heterocycles. The van der Waals surface area contributed by atoms with Gasteiger partial charge in [-0.25, -0.2) is 4.98 Å². The van der Waals surface area contributed by atoms with Gasteiger partial charge in [0.05, 0.1) is 11.7 Å². The molecule has 0 aromatic carbocycles. The van der Waals surface area contributed by atoms with E-state index in [0.29, 0.717) is 11.3 Å². The first-order valence-electron chi connectivity index (χ1n) is 8.69. The largest absolute Gasteiger partial charge is 0.322 e. The normalized spacial score (nSPS) is 28.2. The molecule has 0 radical (unpaired) electrons. The molecule has 1 aromatic heterocycles. The summed E-state index contributed by atoms with van der Waals surface area (Å²) in [7, 11) is 0. The van der Waals surface area contributed by atoms with Gasteiger partial charge in [0.15, 0.2) is 0 Å². The predicted octanol–water partition coefficient (Wildman–Crippen LogP) is 4.87. The average Bonchev–Trinajstić information content (AvgIpc) is 2.89. The van der Waals surface area contributed by atoms with Crippen LogP contribution in [-0.2, 0) is 12.8 Å². The molecule has 2 nitrogen and oxygen atoms in total. The zero-order valence-electron chi connectivity index (χ0n) is 13.8.